The number of hydrogen-bond acceptors (Lipinski definition) is 5. The summed E-state index contributed by atoms with van der Waals surface area (Å²) in [5, 5.41) is 3.02. The molecule has 0 spiro atoms. The number of allylic oxidation sites excluding steroid dienone is 1. The first-order chi connectivity index (χ1) is 18.0. The van der Waals surface area contributed by atoms with Gasteiger partial charge in [-0.25, -0.2) is 0 Å². The van der Waals surface area contributed by atoms with E-state index in [0.29, 0.717) is 37.9 Å². The summed E-state index contributed by atoms with van der Waals surface area (Å²) in [6, 6.07) is 13.5. The molecule has 0 aromatic heterocycles. The SMILES string of the molecule is C=C1CCCC(N2Cc3cc(CNC(=O)Cc4cccc(CN5CCOCC5)c4)ccc3C2=O)C(=O)C1. The van der Waals surface area contributed by atoms with E-state index in [-0.39, 0.29) is 23.6 Å². The Bertz CT molecular complexity index is 1200. The Hall–Kier alpha value is -3.29. The molecule has 7 heteroatoms. The zero-order chi connectivity index (χ0) is 25.8. The van der Waals surface area contributed by atoms with E-state index < -0.39 is 0 Å². The van der Waals surface area contributed by atoms with Gasteiger partial charge in [-0.15, -0.1) is 0 Å². The van der Waals surface area contributed by atoms with Crippen molar-refractivity contribution >= 4 is 17.6 Å². The molecule has 194 valence electrons. The zero-order valence-electron chi connectivity index (χ0n) is 21.3. The average molecular weight is 502 g/mol. The third kappa shape index (κ3) is 6.17. The minimum atomic E-state index is -0.374. The van der Waals surface area contributed by atoms with Crippen LogP contribution in [0.4, 0.5) is 0 Å². The summed E-state index contributed by atoms with van der Waals surface area (Å²) in [6.07, 6.45) is 3.09. The number of nitrogens with one attached hydrogen (secondary N) is 1. The molecule has 2 heterocycles. The van der Waals surface area contributed by atoms with Crippen LogP contribution >= 0.6 is 0 Å². The number of carbonyl (C=O) groups excluding carboxylic acids is 3. The van der Waals surface area contributed by atoms with Crippen LogP contribution in [0.25, 0.3) is 0 Å². The van der Waals surface area contributed by atoms with E-state index in [0.717, 1.165) is 68.0 Å². The van der Waals surface area contributed by atoms with Crippen molar-refractivity contribution in [2.75, 3.05) is 26.3 Å². The Labute approximate surface area is 218 Å². The first-order valence-electron chi connectivity index (χ1n) is 13.2. The highest BCUT2D eigenvalue weighted by molar-refractivity contribution is 6.01. The lowest BCUT2D eigenvalue weighted by molar-refractivity contribution is -0.123. The second-order valence-electron chi connectivity index (χ2n) is 10.4. The maximum atomic E-state index is 13.0. The fourth-order valence-electron chi connectivity index (χ4n) is 5.55. The van der Waals surface area contributed by atoms with E-state index in [1.165, 1.54) is 5.56 Å². The largest absolute Gasteiger partial charge is 0.379 e. The van der Waals surface area contributed by atoms with Crippen molar-refractivity contribution in [3.05, 3.63) is 82.4 Å². The minimum Gasteiger partial charge on any atom is -0.379 e. The molecule has 1 saturated carbocycles. The van der Waals surface area contributed by atoms with Crippen molar-refractivity contribution in [1.82, 2.24) is 15.1 Å². The molecule has 1 N–H and O–H groups in total. The highest BCUT2D eigenvalue weighted by Crippen LogP contribution is 2.30. The Kier molecular flexibility index (Phi) is 7.82. The molecule has 1 unspecified atom stereocenters. The molecule has 2 aromatic carbocycles. The monoisotopic (exact) mass is 501 g/mol. The first-order valence-corrected chi connectivity index (χ1v) is 13.2. The van der Waals surface area contributed by atoms with Crippen molar-refractivity contribution in [3.63, 3.8) is 0 Å². The lowest BCUT2D eigenvalue weighted by Crippen LogP contribution is -2.40. The molecule has 2 amide bonds. The quantitative estimate of drug-likeness (QED) is 0.465. The van der Waals surface area contributed by atoms with Gasteiger partial charge in [0.05, 0.1) is 25.7 Å². The Morgan fingerprint density at radius 3 is 2.70 bits per heavy atom. The number of fused-ring (bicyclic) bond motifs is 1. The van der Waals surface area contributed by atoms with Crippen LogP contribution in [0.1, 0.15) is 58.3 Å². The molecule has 7 nitrogen and oxygen atoms in total. The number of morpholine rings is 1. The van der Waals surface area contributed by atoms with Gasteiger partial charge in [0.15, 0.2) is 5.78 Å². The number of rotatable bonds is 7. The highest BCUT2D eigenvalue weighted by Gasteiger charge is 2.36. The summed E-state index contributed by atoms with van der Waals surface area (Å²) in [5.41, 5.74) is 5.68. The van der Waals surface area contributed by atoms with E-state index in [1.807, 2.05) is 30.3 Å². The van der Waals surface area contributed by atoms with Crippen molar-refractivity contribution in [2.45, 2.75) is 57.8 Å². The minimum absolute atomic E-state index is 0.0361. The van der Waals surface area contributed by atoms with Crippen LogP contribution in [-0.4, -0.2) is 59.7 Å². The van der Waals surface area contributed by atoms with Crippen molar-refractivity contribution in [3.8, 4) is 0 Å². The standard InChI is InChI=1S/C30H35N3O4/c1-21-4-2-7-27(28(34)14-21)33-20-25-16-23(8-9-26(25)30(33)36)18-31-29(35)17-22-5-3-6-24(15-22)19-32-10-12-37-13-11-32/h3,5-6,8-9,15-16,27H,1-2,4,7,10-14,17-20H2,(H,31,35). The van der Waals surface area contributed by atoms with Crippen LogP contribution in [-0.2, 0) is 40.4 Å². The summed E-state index contributed by atoms with van der Waals surface area (Å²) in [7, 11) is 0. The predicted octanol–water partition coefficient (Wildman–Crippen LogP) is 3.40. The lowest BCUT2D eigenvalue weighted by Gasteiger charge is -2.26. The van der Waals surface area contributed by atoms with Gasteiger partial charge in [-0.1, -0.05) is 48.6 Å². The number of benzene rings is 2. The summed E-state index contributed by atoms with van der Waals surface area (Å²) >= 11 is 0. The molecule has 3 aliphatic rings. The number of ketones is 1. The molecule has 2 aromatic rings. The fourth-order valence-corrected chi connectivity index (χ4v) is 5.55. The molecule has 37 heavy (non-hydrogen) atoms. The summed E-state index contributed by atoms with van der Waals surface area (Å²) < 4.78 is 5.42. The van der Waals surface area contributed by atoms with Gasteiger partial charge in [0, 0.05) is 44.7 Å². The van der Waals surface area contributed by atoms with Crippen LogP contribution in [0.5, 0.6) is 0 Å². The van der Waals surface area contributed by atoms with E-state index in [9.17, 15) is 14.4 Å². The molecule has 5 rings (SSSR count). The topological polar surface area (TPSA) is 79.0 Å². The fraction of sp³-hybridized carbons (Fsp3) is 0.433. The normalized spacial score (nSPS) is 20.6. The van der Waals surface area contributed by atoms with Crippen LogP contribution < -0.4 is 5.32 Å². The number of nitrogens with zero attached hydrogens (tertiary/aromatic N) is 2. The highest BCUT2D eigenvalue weighted by atomic mass is 16.5. The van der Waals surface area contributed by atoms with Gasteiger partial charge in [-0.05, 0) is 47.6 Å². The molecule has 1 atom stereocenters. The summed E-state index contributed by atoms with van der Waals surface area (Å²) in [6.45, 7) is 9.09. The van der Waals surface area contributed by atoms with Crippen LogP contribution in [0, 0.1) is 0 Å². The zero-order valence-corrected chi connectivity index (χ0v) is 21.3. The van der Waals surface area contributed by atoms with Gasteiger partial charge < -0.3 is 15.0 Å². The molecule has 2 fully saturated rings. The van der Waals surface area contributed by atoms with Gasteiger partial charge >= 0.3 is 0 Å². The maximum absolute atomic E-state index is 13.0. The van der Waals surface area contributed by atoms with Crippen LogP contribution in [0.2, 0.25) is 0 Å². The Balaban J connectivity index is 1.16. The molecule has 1 aliphatic carbocycles. The summed E-state index contributed by atoms with van der Waals surface area (Å²) in [5.74, 6) is -0.0235. The van der Waals surface area contributed by atoms with Crippen LogP contribution in [0.15, 0.2) is 54.6 Å². The summed E-state index contributed by atoms with van der Waals surface area (Å²) in [4.78, 5) is 42.5. The molecule has 2 aliphatic heterocycles. The number of amides is 2. The van der Waals surface area contributed by atoms with Gasteiger partial charge in [-0.2, -0.15) is 0 Å². The van der Waals surface area contributed by atoms with Gasteiger partial charge in [0.25, 0.3) is 5.91 Å². The average Bonchev–Trinajstić information content (AvgIpc) is 3.10. The second kappa shape index (κ2) is 11.4. The van der Waals surface area contributed by atoms with Crippen molar-refractivity contribution < 1.29 is 19.1 Å². The Morgan fingerprint density at radius 1 is 1.05 bits per heavy atom. The molecule has 0 bridgehead atoms. The molecular weight excluding hydrogens is 466 g/mol. The van der Waals surface area contributed by atoms with Crippen molar-refractivity contribution in [2.24, 2.45) is 0 Å². The maximum Gasteiger partial charge on any atom is 0.255 e. The Morgan fingerprint density at radius 2 is 1.86 bits per heavy atom. The number of hydrogen-bond donors (Lipinski definition) is 1. The number of ether oxygens (including phenoxy) is 1. The molecular formula is C30H35N3O4. The second-order valence-corrected chi connectivity index (χ2v) is 10.4. The first kappa shape index (κ1) is 25.4. The predicted molar refractivity (Wildman–Crippen MR) is 141 cm³/mol. The van der Waals surface area contributed by atoms with E-state index in [1.54, 1.807) is 4.90 Å². The molecule has 0 radical (unpaired) electrons. The number of Topliss-reactive ketones (excluding diaryl/α,β-unsaturated/α-hetero) is 1. The smallest absolute Gasteiger partial charge is 0.255 e. The third-order valence-electron chi connectivity index (χ3n) is 7.54. The van der Waals surface area contributed by atoms with E-state index in [2.05, 4.69) is 28.9 Å². The van der Waals surface area contributed by atoms with Gasteiger partial charge in [0.1, 0.15) is 0 Å². The van der Waals surface area contributed by atoms with Crippen LogP contribution in [0.3, 0.4) is 0 Å². The van der Waals surface area contributed by atoms with E-state index >= 15 is 0 Å². The van der Waals surface area contributed by atoms with Gasteiger partial charge in [-0.3, -0.25) is 19.3 Å². The van der Waals surface area contributed by atoms with Gasteiger partial charge in [0.2, 0.25) is 5.91 Å². The van der Waals surface area contributed by atoms with E-state index in [4.69, 9.17) is 4.74 Å². The lowest BCUT2D eigenvalue weighted by atomic mass is 10.1. The van der Waals surface area contributed by atoms with Crippen molar-refractivity contribution in [1.29, 1.82) is 0 Å². The number of carbonyl (C=O) groups is 3. The third-order valence-corrected chi connectivity index (χ3v) is 7.54. The molecule has 1 saturated heterocycles.